The molecule has 6 nitrogen and oxygen atoms in total. The van der Waals surface area contributed by atoms with E-state index in [0.29, 0.717) is 12.6 Å². The molecule has 2 N–H and O–H groups in total. The Balaban J connectivity index is 0.00000261. The Morgan fingerprint density at radius 2 is 1.81 bits per heavy atom. The first-order valence-corrected chi connectivity index (χ1v) is 10.7. The van der Waals surface area contributed by atoms with E-state index in [4.69, 9.17) is 14.5 Å². The molecular weight excluding hydrogens is 455 g/mol. The molecule has 0 aromatic heterocycles. The average Bonchev–Trinajstić information content (AvgIpc) is 3.22. The number of hydrogen-bond donors (Lipinski definition) is 2. The highest BCUT2D eigenvalue weighted by Crippen LogP contribution is 2.26. The normalized spacial score (nSPS) is 25.2. The van der Waals surface area contributed by atoms with Crippen molar-refractivity contribution in [1.29, 1.82) is 0 Å². The van der Waals surface area contributed by atoms with Crippen molar-refractivity contribution >= 4 is 29.9 Å². The van der Waals surface area contributed by atoms with Crippen LogP contribution in [0.2, 0.25) is 0 Å². The molecule has 0 radical (unpaired) electrons. The summed E-state index contributed by atoms with van der Waals surface area (Å²) in [5.41, 5.74) is -0.160. The maximum atomic E-state index is 5.82. The molecule has 1 aliphatic carbocycles. The molecule has 0 spiro atoms. The number of nitrogens with zero attached hydrogens (tertiary/aromatic N) is 2. The van der Waals surface area contributed by atoms with Gasteiger partial charge in [-0.1, -0.05) is 12.8 Å². The number of guanidine groups is 1. The number of nitrogens with one attached hydrogen (secondary N) is 2. The van der Waals surface area contributed by atoms with Crippen molar-refractivity contribution in [3.05, 3.63) is 0 Å². The monoisotopic (exact) mass is 494 g/mol. The maximum Gasteiger partial charge on any atom is 0.191 e. The van der Waals surface area contributed by atoms with Crippen LogP contribution in [0.3, 0.4) is 0 Å². The van der Waals surface area contributed by atoms with Gasteiger partial charge in [-0.2, -0.15) is 0 Å². The van der Waals surface area contributed by atoms with Crippen LogP contribution in [0.5, 0.6) is 0 Å². The number of likely N-dealkylation sites (tertiary alicyclic amines) is 1. The van der Waals surface area contributed by atoms with Crippen molar-refractivity contribution < 1.29 is 9.47 Å². The fourth-order valence-electron chi connectivity index (χ4n) is 4.59. The SMILES string of the molecule is CCNC(=NCC1(OC)CCOCC1)NC1CCN(C2CCCC2)CC1.I. The van der Waals surface area contributed by atoms with Crippen LogP contribution in [0, 0.1) is 0 Å². The fourth-order valence-corrected chi connectivity index (χ4v) is 4.59. The minimum atomic E-state index is -0.160. The van der Waals surface area contributed by atoms with Gasteiger partial charge in [0, 0.05) is 64.9 Å². The van der Waals surface area contributed by atoms with Gasteiger partial charge in [-0.3, -0.25) is 4.99 Å². The molecule has 158 valence electrons. The Hall–Kier alpha value is -0.120. The standard InChI is InChI=1S/C20H38N4O2.HI/c1-3-21-19(22-16-20(25-2)10-14-26-15-11-20)23-17-8-12-24(13-9-17)18-6-4-5-7-18;/h17-18H,3-16H2,1-2H3,(H2,21,22,23);1H. The predicted octanol–water partition coefficient (Wildman–Crippen LogP) is 2.76. The third-order valence-corrected chi connectivity index (χ3v) is 6.42. The molecule has 0 unspecified atom stereocenters. The van der Waals surface area contributed by atoms with Gasteiger partial charge in [0.2, 0.25) is 0 Å². The largest absolute Gasteiger partial charge is 0.381 e. The van der Waals surface area contributed by atoms with Crippen molar-refractivity contribution in [2.24, 2.45) is 4.99 Å². The first kappa shape index (κ1) is 23.2. The van der Waals surface area contributed by atoms with Gasteiger partial charge >= 0.3 is 0 Å². The highest BCUT2D eigenvalue weighted by molar-refractivity contribution is 14.0. The Labute approximate surface area is 182 Å². The summed E-state index contributed by atoms with van der Waals surface area (Å²) in [6.45, 7) is 7.70. The Kier molecular flexibility index (Phi) is 10.1. The zero-order valence-electron chi connectivity index (χ0n) is 17.2. The van der Waals surface area contributed by atoms with E-state index < -0.39 is 0 Å². The number of piperidine rings is 1. The fraction of sp³-hybridized carbons (Fsp3) is 0.950. The van der Waals surface area contributed by atoms with Crippen LogP contribution >= 0.6 is 24.0 Å². The Morgan fingerprint density at radius 3 is 2.41 bits per heavy atom. The molecule has 3 aliphatic rings. The summed E-state index contributed by atoms with van der Waals surface area (Å²) in [5.74, 6) is 0.940. The third kappa shape index (κ3) is 6.72. The number of aliphatic imine (C=N–C) groups is 1. The van der Waals surface area contributed by atoms with Crippen LogP contribution in [0.15, 0.2) is 4.99 Å². The molecule has 2 saturated heterocycles. The van der Waals surface area contributed by atoms with Crippen LogP contribution in [0.25, 0.3) is 0 Å². The van der Waals surface area contributed by atoms with Crippen LogP contribution in [-0.2, 0) is 9.47 Å². The lowest BCUT2D eigenvalue weighted by molar-refractivity contribution is -0.0828. The number of methoxy groups -OCH3 is 1. The molecule has 0 aromatic carbocycles. The lowest BCUT2D eigenvalue weighted by atomic mass is 9.94. The van der Waals surface area contributed by atoms with Crippen LogP contribution in [0.1, 0.15) is 58.3 Å². The van der Waals surface area contributed by atoms with Gasteiger partial charge in [-0.25, -0.2) is 0 Å². The first-order chi connectivity index (χ1) is 12.7. The maximum absolute atomic E-state index is 5.82. The summed E-state index contributed by atoms with van der Waals surface area (Å²) in [5, 5.41) is 7.09. The summed E-state index contributed by atoms with van der Waals surface area (Å²) in [6, 6.07) is 1.38. The van der Waals surface area contributed by atoms with E-state index in [-0.39, 0.29) is 29.6 Å². The molecule has 0 amide bonds. The van der Waals surface area contributed by atoms with Gasteiger partial charge in [0.1, 0.15) is 0 Å². The zero-order valence-corrected chi connectivity index (χ0v) is 19.5. The number of ether oxygens (including phenoxy) is 2. The Bertz CT molecular complexity index is 443. The molecule has 0 bridgehead atoms. The third-order valence-electron chi connectivity index (χ3n) is 6.42. The van der Waals surface area contributed by atoms with Crippen molar-refractivity contribution in [1.82, 2.24) is 15.5 Å². The minimum Gasteiger partial charge on any atom is -0.381 e. The van der Waals surface area contributed by atoms with E-state index in [0.717, 1.165) is 44.6 Å². The molecule has 7 heteroatoms. The smallest absolute Gasteiger partial charge is 0.191 e. The van der Waals surface area contributed by atoms with E-state index in [1.807, 2.05) is 0 Å². The molecule has 3 rings (SSSR count). The van der Waals surface area contributed by atoms with Gasteiger partial charge in [-0.15, -0.1) is 24.0 Å². The minimum absolute atomic E-state index is 0. The summed E-state index contributed by atoms with van der Waals surface area (Å²) in [7, 11) is 1.81. The van der Waals surface area contributed by atoms with Gasteiger partial charge in [0.25, 0.3) is 0 Å². The second kappa shape index (κ2) is 11.8. The second-order valence-corrected chi connectivity index (χ2v) is 8.09. The van der Waals surface area contributed by atoms with Crippen LogP contribution in [0.4, 0.5) is 0 Å². The van der Waals surface area contributed by atoms with Crippen LogP contribution < -0.4 is 10.6 Å². The van der Waals surface area contributed by atoms with E-state index in [2.05, 4.69) is 22.5 Å². The number of halogens is 1. The van der Waals surface area contributed by atoms with E-state index >= 15 is 0 Å². The predicted molar refractivity (Wildman–Crippen MR) is 121 cm³/mol. The number of hydrogen-bond acceptors (Lipinski definition) is 4. The molecular formula is C20H39IN4O2. The van der Waals surface area contributed by atoms with E-state index in [1.54, 1.807) is 7.11 Å². The topological polar surface area (TPSA) is 58.1 Å². The quantitative estimate of drug-likeness (QED) is 0.338. The highest BCUT2D eigenvalue weighted by atomic mass is 127. The summed E-state index contributed by atoms with van der Waals surface area (Å²) in [6.07, 6.45) is 9.93. The molecule has 1 saturated carbocycles. The van der Waals surface area contributed by atoms with Gasteiger partial charge < -0.3 is 25.0 Å². The van der Waals surface area contributed by atoms with Crippen molar-refractivity contribution in [3.63, 3.8) is 0 Å². The van der Waals surface area contributed by atoms with E-state index in [1.165, 1.54) is 51.6 Å². The second-order valence-electron chi connectivity index (χ2n) is 8.09. The molecule has 27 heavy (non-hydrogen) atoms. The average molecular weight is 494 g/mol. The zero-order chi connectivity index (χ0) is 18.2. The summed E-state index contributed by atoms with van der Waals surface area (Å²) < 4.78 is 11.3. The summed E-state index contributed by atoms with van der Waals surface area (Å²) in [4.78, 5) is 7.59. The molecule has 2 heterocycles. The highest BCUT2D eigenvalue weighted by Gasteiger charge is 2.33. The van der Waals surface area contributed by atoms with Crippen molar-refractivity contribution in [2.45, 2.75) is 76.0 Å². The van der Waals surface area contributed by atoms with Crippen molar-refractivity contribution in [2.75, 3.05) is 46.5 Å². The first-order valence-electron chi connectivity index (χ1n) is 10.7. The van der Waals surface area contributed by atoms with Crippen LogP contribution in [-0.4, -0.2) is 75.0 Å². The molecule has 3 fully saturated rings. The van der Waals surface area contributed by atoms with Gasteiger partial charge in [-0.05, 0) is 32.6 Å². The number of rotatable bonds is 6. The Morgan fingerprint density at radius 1 is 1.15 bits per heavy atom. The molecule has 2 aliphatic heterocycles. The van der Waals surface area contributed by atoms with E-state index in [9.17, 15) is 0 Å². The lowest BCUT2D eigenvalue weighted by Gasteiger charge is -2.37. The van der Waals surface area contributed by atoms with Crippen molar-refractivity contribution in [3.8, 4) is 0 Å². The lowest BCUT2D eigenvalue weighted by Crippen LogP contribution is -2.51. The van der Waals surface area contributed by atoms with Gasteiger partial charge in [0.15, 0.2) is 5.96 Å². The summed E-state index contributed by atoms with van der Waals surface area (Å²) >= 11 is 0. The molecule has 0 atom stereocenters. The molecule has 0 aromatic rings. The van der Waals surface area contributed by atoms with Gasteiger partial charge in [0.05, 0.1) is 12.1 Å².